The number of Topliss-reactive ketones (excluding diaryl/α,β-unsaturated/α-hetero) is 1. The number of carbonyl (C=O) groups is 1. The van der Waals surface area contributed by atoms with Crippen LogP contribution in [0.25, 0.3) is 5.69 Å². The van der Waals surface area contributed by atoms with Crippen molar-refractivity contribution in [3.05, 3.63) is 53.1 Å². The minimum absolute atomic E-state index is 0.0123. The number of ketones is 1. The lowest BCUT2D eigenvalue weighted by Gasteiger charge is -2.11. The molecule has 4 rings (SSSR count). The van der Waals surface area contributed by atoms with Gasteiger partial charge in [-0.15, -0.1) is 10.2 Å². The SMILES string of the molecule is CCOc1ccc(-n2c(C)cc(C(=O)CSc3nnc(C4CCS(=O)(=O)C4)n3C)c2C)cc1. The first-order valence-electron chi connectivity index (χ1n) is 10.9. The van der Waals surface area contributed by atoms with Gasteiger partial charge in [0.1, 0.15) is 11.6 Å². The number of hydrogen-bond donors (Lipinski definition) is 0. The van der Waals surface area contributed by atoms with Crippen LogP contribution in [0.15, 0.2) is 35.5 Å². The molecule has 33 heavy (non-hydrogen) atoms. The predicted octanol–water partition coefficient (Wildman–Crippen LogP) is 3.50. The monoisotopic (exact) mass is 488 g/mol. The summed E-state index contributed by atoms with van der Waals surface area (Å²) in [6.07, 6.45) is 0.565. The molecule has 2 aromatic heterocycles. The molecule has 0 saturated carbocycles. The number of nitrogens with zero attached hydrogens (tertiary/aromatic N) is 4. The second-order valence-corrected chi connectivity index (χ2v) is 11.4. The summed E-state index contributed by atoms with van der Waals surface area (Å²) >= 11 is 1.32. The van der Waals surface area contributed by atoms with Crippen molar-refractivity contribution < 1.29 is 17.9 Å². The number of sulfone groups is 1. The normalized spacial score (nSPS) is 17.4. The molecule has 1 saturated heterocycles. The number of aromatic nitrogens is 4. The van der Waals surface area contributed by atoms with E-state index in [1.165, 1.54) is 11.8 Å². The molecule has 176 valence electrons. The zero-order valence-electron chi connectivity index (χ0n) is 19.2. The molecular weight excluding hydrogens is 460 g/mol. The van der Waals surface area contributed by atoms with Crippen molar-refractivity contribution >= 4 is 27.4 Å². The lowest BCUT2D eigenvalue weighted by Crippen LogP contribution is -2.10. The molecule has 1 atom stereocenters. The van der Waals surface area contributed by atoms with Crippen LogP contribution in [0.1, 0.15) is 46.8 Å². The molecule has 1 aliphatic rings. The fourth-order valence-corrected chi connectivity index (χ4v) is 6.85. The third-order valence-corrected chi connectivity index (χ3v) is 8.72. The van der Waals surface area contributed by atoms with E-state index in [4.69, 9.17) is 4.74 Å². The number of aryl methyl sites for hydroxylation is 1. The first-order chi connectivity index (χ1) is 15.7. The summed E-state index contributed by atoms with van der Waals surface area (Å²) in [5.74, 6) is 1.89. The summed E-state index contributed by atoms with van der Waals surface area (Å²) < 4.78 is 33.0. The molecule has 0 spiro atoms. The van der Waals surface area contributed by atoms with Gasteiger partial charge >= 0.3 is 0 Å². The zero-order chi connectivity index (χ0) is 23.8. The summed E-state index contributed by atoms with van der Waals surface area (Å²) in [5.41, 5.74) is 3.52. The minimum Gasteiger partial charge on any atom is -0.494 e. The van der Waals surface area contributed by atoms with Crippen molar-refractivity contribution in [1.82, 2.24) is 19.3 Å². The van der Waals surface area contributed by atoms with Crippen LogP contribution in [0.3, 0.4) is 0 Å². The molecule has 3 heterocycles. The molecule has 1 aromatic carbocycles. The van der Waals surface area contributed by atoms with Crippen LogP contribution in [-0.2, 0) is 16.9 Å². The molecule has 0 radical (unpaired) electrons. The molecule has 8 nitrogen and oxygen atoms in total. The third-order valence-electron chi connectivity index (χ3n) is 5.94. The zero-order valence-corrected chi connectivity index (χ0v) is 20.9. The second kappa shape index (κ2) is 9.34. The molecular formula is C23H28N4O4S2. The number of rotatable bonds is 8. The summed E-state index contributed by atoms with van der Waals surface area (Å²) in [4.78, 5) is 13.0. The number of thioether (sulfide) groups is 1. The Morgan fingerprint density at radius 1 is 1.21 bits per heavy atom. The van der Waals surface area contributed by atoms with Crippen molar-refractivity contribution in [2.75, 3.05) is 23.9 Å². The van der Waals surface area contributed by atoms with Gasteiger partial charge in [0.15, 0.2) is 20.8 Å². The molecule has 10 heteroatoms. The maximum absolute atomic E-state index is 13.0. The highest BCUT2D eigenvalue weighted by molar-refractivity contribution is 7.99. The molecule has 1 fully saturated rings. The van der Waals surface area contributed by atoms with Crippen LogP contribution in [-0.4, -0.2) is 57.4 Å². The molecule has 0 N–H and O–H groups in total. The molecule has 0 bridgehead atoms. The highest BCUT2D eigenvalue weighted by Crippen LogP contribution is 2.30. The van der Waals surface area contributed by atoms with Crippen molar-refractivity contribution in [2.24, 2.45) is 7.05 Å². The van der Waals surface area contributed by atoms with Crippen LogP contribution in [0, 0.1) is 13.8 Å². The van der Waals surface area contributed by atoms with Crippen molar-refractivity contribution in [1.29, 1.82) is 0 Å². The fraction of sp³-hybridized carbons (Fsp3) is 0.435. The molecule has 1 aliphatic heterocycles. The predicted molar refractivity (Wildman–Crippen MR) is 128 cm³/mol. The van der Waals surface area contributed by atoms with Crippen LogP contribution >= 0.6 is 11.8 Å². The Bertz CT molecular complexity index is 1280. The number of carbonyl (C=O) groups excluding carboxylic acids is 1. The largest absolute Gasteiger partial charge is 0.494 e. The fourth-order valence-electron chi connectivity index (χ4n) is 4.31. The van der Waals surface area contributed by atoms with Gasteiger partial charge in [-0.3, -0.25) is 4.79 Å². The average molecular weight is 489 g/mol. The van der Waals surface area contributed by atoms with Crippen LogP contribution in [0.2, 0.25) is 0 Å². The van der Waals surface area contributed by atoms with Crippen molar-refractivity contribution in [3.63, 3.8) is 0 Å². The Morgan fingerprint density at radius 2 is 1.94 bits per heavy atom. The average Bonchev–Trinajstić information content (AvgIpc) is 3.41. The van der Waals surface area contributed by atoms with E-state index in [1.54, 1.807) is 0 Å². The van der Waals surface area contributed by atoms with E-state index in [2.05, 4.69) is 14.8 Å². The van der Waals surface area contributed by atoms with E-state index in [0.29, 0.717) is 29.6 Å². The van der Waals surface area contributed by atoms with E-state index in [9.17, 15) is 13.2 Å². The number of ether oxygens (including phenoxy) is 1. The molecule has 0 amide bonds. The van der Waals surface area contributed by atoms with Gasteiger partial charge in [-0.05, 0) is 57.5 Å². The smallest absolute Gasteiger partial charge is 0.191 e. The number of benzene rings is 1. The minimum atomic E-state index is -3.00. The lowest BCUT2D eigenvalue weighted by molar-refractivity contribution is 0.102. The first-order valence-corrected chi connectivity index (χ1v) is 13.7. The Balaban J connectivity index is 1.47. The van der Waals surface area contributed by atoms with Gasteiger partial charge in [0, 0.05) is 35.6 Å². The highest BCUT2D eigenvalue weighted by Gasteiger charge is 2.32. The van der Waals surface area contributed by atoms with Gasteiger partial charge in [0.05, 0.1) is 23.9 Å². The summed E-state index contributed by atoms with van der Waals surface area (Å²) in [6, 6.07) is 9.74. The quantitative estimate of drug-likeness (QED) is 0.354. The van der Waals surface area contributed by atoms with E-state index < -0.39 is 9.84 Å². The van der Waals surface area contributed by atoms with Crippen molar-refractivity contribution in [3.8, 4) is 11.4 Å². The van der Waals surface area contributed by atoms with Crippen LogP contribution in [0.5, 0.6) is 5.75 Å². The Labute approximate surface area is 198 Å². The maximum Gasteiger partial charge on any atom is 0.191 e. The maximum atomic E-state index is 13.0. The molecule has 1 unspecified atom stereocenters. The van der Waals surface area contributed by atoms with E-state index in [0.717, 1.165) is 22.8 Å². The van der Waals surface area contributed by atoms with Gasteiger partial charge < -0.3 is 13.9 Å². The van der Waals surface area contributed by atoms with Crippen molar-refractivity contribution in [2.45, 2.75) is 38.3 Å². The highest BCUT2D eigenvalue weighted by atomic mass is 32.2. The summed E-state index contributed by atoms with van der Waals surface area (Å²) in [7, 11) is -1.17. The Morgan fingerprint density at radius 3 is 2.58 bits per heavy atom. The van der Waals surface area contributed by atoms with E-state index in [-0.39, 0.29) is 29.0 Å². The van der Waals surface area contributed by atoms with Crippen LogP contribution in [0.4, 0.5) is 0 Å². The van der Waals surface area contributed by atoms with Gasteiger partial charge in [-0.1, -0.05) is 11.8 Å². The third kappa shape index (κ3) is 4.86. The van der Waals surface area contributed by atoms with E-state index in [1.807, 2.05) is 62.7 Å². The number of hydrogen-bond acceptors (Lipinski definition) is 7. The van der Waals surface area contributed by atoms with E-state index >= 15 is 0 Å². The van der Waals surface area contributed by atoms with Crippen LogP contribution < -0.4 is 4.74 Å². The Hall–Kier alpha value is -2.59. The standard InChI is InChI=1S/C23H28N4O4S2/c1-5-31-19-8-6-18(7-9-19)27-15(2)12-20(16(27)3)21(28)13-32-23-25-24-22(26(23)4)17-10-11-33(29,30)14-17/h6-9,12,17H,5,10-11,13-14H2,1-4H3. The lowest BCUT2D eigenvalue weighted by atomic mass is 10.1. The topological polar surface area (TPSA) is 96.1 Å². The van der Waals surface area contributed by atoms with Gasteiger partial charge in [-0.2, -0.15) is 0 Å². The summed E-state index contributed by atoms with van der Waals surface area (Å²) in [6.45, 7) is 6.50. The van der Waals surface area contributed by atoms with Gasteiger partial charge in [-0.25, -0.2) is 8.42 Å². The first kappa shape index (κ1) is 23.6. The second-order valence-electron chi connectivity index (χ2n) is 8.26. The molecule has 3 aromatic rings. The van der Waals surface area contributed by atoms with Gasteiger partial charge in [0.2, 0.25) is 0 Å². The summed E-state index contributed by atoms with van der Waals surface area (Å²) in [5, 5.41) is 9.03. The Kier molecular flexibility index (Phi) is 6.67. The van der Waals surface area contributed by atoms with Gasteiger partial charge in [0.25, 0.3) is 0 Å². The molecule has 0 aliphatic carbocycles.